The van der Waals surface area contributed by atoms with Crippen LogP contribution in [-0.4, -0.2) is 56.7 Å². The van der Waals surface area contributed by atoms with E-state index in [2.05, 4.69) is 14.9 Å². The van der Waals surface area contributed by atoms with E-state index >= 15 is 0 Å². The normalized spacial score (nSPS) is 12.1. The number of benzene rings is 2. The maximum atomic E-state index is 12.8. The van der Waals surface area contributed by atoms with Crippen molar-refractivity contribution >= 4 is 33.6 Å². The van der Waals surface area contributed by atoms with Crippen molar-refractivity contribution < 1.29 is 55.5 Å². The van der Waals surface area contributed by atoms with Crippen LogP contribution in [0.5, 0.6) is 5.75 Å². The van der Waals surface area contributed by atoms with Crippen molar-refractivity contribution in [1.29, 1.82) is 0 Å². The molecule has 19 heteroatoms. The molecular weight excluding hydrogens is 571 g/mol. The lowest BCUT2D eigenvalue weighted by molar-refractivity contribution is -0.385. The lowest BCUT2D eigenvalue weighted by atomic mass is 10.1. The second-order valence-electron chi connectivity index (χ2n) is 7.60. The summed E-state index contributed by atoms with van der Waals surface area (Å²) in [6.45, 7) is 0.352. The number of nitrogens with zero attached hydrogens (tertiary/aromatic N) is 2. The number of rotatable bonds is 13. The van der Waals surface area contributed by atoms with E-state index in [1.54, 1.807) is 0 Å². The van der Waals surface area contributed by atoms with Gasteiger partial charge in [0.25, 0.3) is 5.69 Å². The molecule has 0 saturated heterocycles. The summed E-state index contributed by atoms with van der Waals surface area (Å²) >= 11 is 0. The van der Waals surface area contributed by atoms with Gasteiger partial charge >= 0.3 is 18.1 Å². The molecule has 218 valence electrons. The second kappa shape index (κ2) is 13.9. The molecule has 0 amide bonds. The Kier molecular flexibility index (Phi) is 11.0. The van der Waals surface area contributed by atoms with Crippen molar-refractivity contribution in [3.05, 3.63) is 64.2 Å². The van der Waals surface area contributed by atoms with E-state index in [9.17, 15) is 41.3 Å². The quantitative estimate of drug-likeness (QED) is 0.0739. The van der Waals surface area contributed by atoms with Gasteiger partial charge in [-0.1, -0.05) is 18.2 Å². The van der Waals surface area contributed by atoms with E-state index < -0.39 is 56.1 Å². The third kappa shape index (κ3) is 10.3. The van der Waals surface area contributed by atoms with Gasteiger partial charge in [-0.15, -0.1) is 0 Å². The van der Waals surface area contributed by atoms with Crippen molar-refractivity contribution in [3.8, 4) is 5.75 Å². The lowest BCUT2D eigenvalue weighted by Gasteiger charge is -2.17. The molecule has 0 aliphatic carbocycles. The van der Waals surface area contributed by atoms with Crippen LogP contribution >= 0.6 is 0 Å². The summed E-state index contributed by atoms with van der Waals surface area (Å²) in [5, 5.41) is 14.3. The van der Waals surface area contributed by atoms with Crippen LogP contribution in [0.1, 0.15) is 12.0 Å². The number of alkyl halides is 3. The number of sulfonamides is 1. The maximum Gasteiger partial charge on any atom is 0.495 e. The van der Waals surface area contributed by atoms with Gasteiger partial charge in [0.15, 0.2) is 0 Å². The average molecular weight is 593 g/mol. The number of nitrogens with two attached hydrogens (primary N) is 2. The molecule has 0 spiro atoms. The lowest BCUT2D eigenvalue weighted by Crippen LogP contribution is -2.44. The number of hydrogen-bond donors (Lipinski definition) is 3. The Hall–Kier alpha value is -4.65. The van der Waals surface area contributed by atoms with Crippen LogP contribution < -0.4 is 20.9 Å². The number of carbonyl (C=O) groups is 2. The summed E-state index contributed by atoms with van der Waals surface area (Å²) in [6, 6.07) is 7.56. The molecule has 2 aromatic carbocycles. The van der Waals surface area contributed by atoms with E-state index in [0.29, 0.717) is 18.2 Å². The van der Waals surface area contributed by atoms with Crippen molar-refractivity contribution in [2.45, 2.75) is 30.0 Å². The first-order valence-electron chi connectivity index (χ1n) is 10.9. The number of nitro groups is 1. The Labute approximate surface area is 223 Å². The first-order valence-corrected chi connectivity index (χ1v) is 12.4. The van der Waals surface area contributed by atoms with Gasteiger partial charge in [0, 0.05) is 18.6 Å². The fourth-order valence-electron chi connectivity index (χ4n) is 2.77. The molecule has 0 unspecified atom stereocenters. The summed E-state index contributed by atoms with van der Waals surface area (Å²) in [7, 11) is -4.66. The fraction of sp³-hybridized carbons (Fsp3) is 0.286. The first kappa shape index (κ1) is 31.6. The summed E-state index contributed by atoms with van der Waals surface area (Å²) in [5.74, 6) is -4.44. The molecule has 0 fully saturated rings. The van der Waals surface area contributed by atoms with Crippen LogP contribution in [0.4, 0.5) is 18.9 Å². The van der Waals surface area contributed by atoms with Crippen LogP contribution in [0.2, 0.25) is 0 Å². The molecule has 15 nitrogen and oxygen atoms in total. The maximum absolute atomic E-state index is 12.8. The molecule has 0 heterocycles. The predicted octanol–water partition coefficient (Wildman–Crippen LogP) is 1.02. The van der Waals surface area contributed by atoms with Gasteiger partial charge in [0.1, 0.15) is 18.4 Å². The van der Waals surface area contributed by atoms with E-state index in [1.807, 2.05) is 4.72 Å². The minimum atomic E-state index is -5.49. The van der Waals surface area contributed by atoms with Crippen LogP contribution in [0, 0.1) is 10.1 Å². The Morgan fingerprint density at radius 3 is 2.35 bits per heavy atom. The van der Waals surface area contributed by atoms with Gasteiger partial charge in [-0.05, 0) is 35.3 Å². The molecule has 40 heavy (non-hydrogen) atoms. The Balaban J connectivity index is 2.16. The van der Waals surface area contributed by atoms with E-state index in [4.69, 9.17) is 21.0 Å². The Morgan fingerprint density at radius 1 is 1.07 bits per heavy atom. The number of oxime groups is 1. The predicted molar refractivity (Wildman–Crippen MR) is 127 cm³/mol. The van der Waals surface area contributed by atoms with Crippen LogP contribution in [0.15, 0.2) is 58.6 Å². The third-order valence-corrected chi connectivity index (χ3v) is 6.00. The number of carbonyl (C=O) groups excluding carboxylic acids is 2. The van der Waals surface area contributed by atoms with Gasteiger partial charge < -0.3 is 21.0 Å². The average Bonchev–Trinajstić information content (AvgIpc) is 2.88. The summed E-state index contributed by atoms with van der Waals surface area (Å²) in [6.07, 6.45) is -5.59. The smallest absolute Gasteiger partial charge is 0.493 e. The summed E-state index contributed by atoms with van der Waals surface area (Å²) < 4.78 is 70.2. The molecule has 2 rings (SSSR count). The molecular formula is C21H22F3N5O10S. The van der Waals surface area contributed by atoms with Crippen molar-refractivity contribution in [2.75, 3.05) is 13.2 Å². The van der Waals surface area contributed by atoms with Crippen LogP contribution in [0.3, 0.4) is 0 Å². The Bertz CT molecular complexity index is 1330. The minimum absolute atomic E-state index is 0.156. The number of non-ortho nitro benzene ring substituents is 1. The highest BCUT2D eigenvalue weighted by atomic mass is 32.2. The Morgan fingerprint density at radius 2 is 1.75 bits per heavy atom. The molecule has 0 bridgehead atoms. The number of ether oxygens (including phenoxy) is 1. The van der Waals surface area contributed by atoms with Gasteiger partial charge in [0.2, 0.25) is 16.0 Å². The first-order chi connectivity index (χ1) is 18.7. The van der Waals surface area contributed by atoms with Crippen molar-refractivity contribution in [1.82, 2.24) is 4.72 Å². The zero-order valence-electron chi connectivity index (χ0n) is 20.2. The minimum Gasteiger partial charge on any atom is -0.493 e. The van der Waals surface area contributed by atoms with Gasteiger partial charge in [-0.2, -0.15) is 17.9 Å². The fourth-order valence-corrected chi connectivity index (χ4v) is 3.99. The highest BCUT2D eigenvalue weighted by Gasteiger charge is 2.43. The van der Waals surface area contributed by atoms with Crippen molar-refractivity contribution in [2.24, 2.45) is 16.6 Å². The molecule has 0 aliphatic heterocycles. The standard InChI is InChI=1S/C21H22F3N5O10S/c22-21(23,24)19(31)39-38-18(30)17(28-40(34,35)16-4-1-3-14(12-16)29(32)33)11-13-5-7-15(8-6-13)36-9-2-10-37-27-20(25)26/h1,3-8,12,17,28H,2,9-11H2,(H4,25,26,27)/t17-/m0/s1. The van der Waals surface area contributed by atoms with Gasteiger partial charge in [-0.3, -0.25) is 10.1 Å². The van der Waals surface area contributed by atoms with E-state index in [-0.39, 0.29) is 24.7 Å². The largest absolute Gasteiger partial charge is 0.495 e. The van der Waals surface area contributed by atoms with Gasteiger partial charge in [0.05, 0.1) is 16.4 Å². The highest BCUT2D eigenvalue weighted by molar-refractivity contribution is 7.89. The van der Waals surface area contributed by atoms with Gasteiger partial charge in [-0.25, -0.2) is 27.8 Å². The molecule has 0 radical (unpaired) electrons. The zero-order chi connectivity index (χ0) is 29.9. The highest BCUT2D eigenvalue weighted by Crippen LogP contribution is 2.20. The molecule has 0 saturated carbocycles. The topological polar surface area (TPSA) is 225 Å². The molecule has 2 aromatic rings. The van der Waals surface area contributed by atoms with E-state index in [1.165, 1.54) is 24.3 Å². The molecule has 5 N–H and O–H groups in total. The van der Waals surface area contributed by atoms with Crippen LogP contribution in [-0.2, 0) is 40.6 Å². The number of halogens is 3. The summed E-state index contributed by atoms with van der Waals surface area (Å²) in [5.41, 5.74) is 9.90. The molecule has 0 aliphatic rings. The SMILES string of the molecule is NC(N)=NOCCCOc1ccc(C[C@H](NS(=O)(=O)c2cccc([N+](=O)[O-])c2)C(=O)OOC(=O)C(F)(F)F)cc1. The molecule has 1 atom stereocenters. The number of guanidine groups is 1. The third-order valence-electron chi connectivity index (χ3n) is 4.53. The second-order valence-corrected chi connectivity index (χ2v) is 9.31. The zero-order valence-corrected chi connectivity index (χ0v) is 21.0. The number of hydrogen-bond acceptors (Lipinski definition) is 11. The summed E-state index contributed by atoms with van der Waals surface area (Å²) in [4.78, 5) is 45.0. The number of nitro benzene ring substituents is 1. The monoisotopic (exact) mass is 593 g/mol. The van der Waals surface area contributed by atoms with E-state index in [0.717, 1.165) is 18.2 Å². The van der Waals surface area contributed by atoms with Crippen molar-refractivity contribution in [3.63, 3.8) is 0 Å². The number of nitrogens with one attached hydrogen (secondary N) is 1. The molecule has 0 aromatic heterocycles. The van der Waals surface area contributed by atoms with Crippen LogP contribution in [0.25, 0.3) is 0 Å².